The molecule has 114 valence electrons. The van der Waals surface area contributed by atoms with Crippen molar-refractivity contribution in [2.75, 3.05) is 0 Å². The summed E-state index contributed by atoms with van der Waals surface area (Å²) >= 11 is 0. The maximum atomic E-state index is 4.64. The molecule has 0 bridgehead atoms. The summed E-state index contributed by atoms with van der Waals surface area (Å²) in [6, 6.07) is 11.7. The second-order valence-electron chi connectivity index (χ2n) is 5.17. The molecule has 6 heteroatoms. The molecule has 0 atom stereocenters. The van der Waals surface area contributed by atoms with Crippen LogP contribution in [-0.4, -0.2) is 15.0 Å². The molecule has 0 amide bonds. The van der Waals surface area contributed by atoms with Gasteiger partial charge in [0.2, 0.25) is 0 Å². The molecule has 4 heterocycles. The topological polar surface area (TPSA) is 81.1 Å². The Morgan fingerprint density at radius 3 is 0.917 bits per heavy atom. The largest absolute Gasteiger partial charge is 0.218 e. The van der Waals surface area contributed by atoms with Crippen molar-refractivity contribution in [3.8, 4) is 34.2 Å². The number of hydrogen-bond acceptors (Lipinski definition) is 3. The van der Waals surface area contributed by atoms with Gasteiger partial charge in [-0.2, -0.15) is 0 Å². The zero-order valence-electron chi connectivity index (χ0n) is 12.8. The summed E-state index contributed by atoms with van der Waals surface area (Å²) in [7, 11) is 0. The monoisotopic (exact) mass is 315 g/mol. The number of rotatable bonds is 3. The molecule has 4 rings (SSSR count). The van der Waals surface area contributed by atoms with Crippen molar-refractivity contribution in [1.29, 1.82) is 0 Å². The van der Waals surface area contributed by atoms with Gasteiger partial charge in [-0.1, -0.05) is 0 Å². The van der Waals surface area contributed by atoms with Gasteiger partial charge < -0.3 is 0 Å². The molecular weight excluding hydrogens is 300 g/mol. The molecular formula is C18H15N6+3. The van der Waals surface area contributed by atoms with Crippen LogP contribution in [0.5, 0.6) is 0 Å². The van der Waals surface area contributed by atoms with E-state index in [0.29, 0.717) is 17.5 Å². The fourth-order valence-electron chi connectivity index (χ4n) is 2.37. The van der Waals surface area contributed by atoms with E-state index in [2.05, 4.69) is 29.9 Å². The third-order valence-corrected chi connectivity index (χ3v) is 3.56. The van der Waals surface area contributed by atoms with Gasteiger partial charge in [-0.3, -0.25) is 0 Å². The summed E-state index contributed by atoms with van der Waals surface area (Å²) in [4.78, 5) is 23.0. The minimum atomic E-state index is 0.643. The summed E-state index contributed by atoms with van der Waals surface area (Å²) in [5.74, 6) is 1.93. The summed E-state index contributed by atoms with van der Waals surface area (Å²) in [6.07, 6.45) is 11.1. The number of aromatic amines is 3. The van der Waals surface area contributed by atoms with Crippen LogP contribution in [0.4, 0.5) is 0 Å². The molecule has 0 fully saturated rings. The second-order valence-corrected chi connectivity index (χ2v) is 5.17. The minimum Gasteiger partial charge on any atom is -0.218 e. The molecule has 6 nitrogen and oxygen atoms in total. The summed E-state index contributed by atoms with van der Waals surface area (Å²) in [5, 5.41) is 0. The highest BCUT2D eigenvalue weighted by atomic mass is 15.0. The lowest BCUT2D eigenvalue weighted by molar-refractivity contribution is -0.378. The Balaban J connectivity index is 1.92. The van der Waals surface area contributed by atoms with Gasteiger partial charge in [0, 0.05) is 53.1 Å². The van der Waals surface area contributed by atoms with E-state index < -0.39 is 0 Å². The first kappa shape index (κ1) is 14.1. The fourth-order valence-corrected chi connectivity index (χ4v) is 2.37. The van der Waals surface area contributed by atoms with Crippen LogP contribution in [-0.2, 0) is 0 Å². The highest BCUT2D eigenvalue weighted by Crippen LogP contribution is 2.22. The molecule has 0 saturated carbocycles. The number of nitrogens with zero attached hydrogens (tertiary/aromatic N) is 3. The van der Waals surface area contributed by atoms with E-state index >= 15 is 0 Å². The van der Waals surface area contributed by atoms with Crippen LogP contribution in [0.15, 0.2) is 73.6 Å². The SMILES string of the molecule is c1cc(-c2nc(-c3cc[nH+]cc3)nc(-c3cc[nH+]cc3)n2)cc[nH+]1. The average Bonchev–Trinajstić information content (AvgIpc) is 2.70. The standard InChI is InChI=1S/C18H12N6/c1-7-19-8-2-13(1)16-22-17(14-3-9-20-10-4-14)24-18(23-16)15-5-11-21-12-6-15/h1-12H/p+3. The lowest BCUT2D eigenvalue weighted by atomic mass is 10.2. The van der Waals surface area contributed by atoms with Gasteiger partial charge in [-0.25, -0.2) is 29.9 Å². The van der Waals surface area contributed by atoms with Gasteiger partial charge >= 0.3 is 0 Å². The van der Waals surface area contributed by atoms with E-state index in [0.717, 1.165) is 16.7 Å². The Morgan fingerprint density at radius 2 is 0.667 bits per heavy atom. The number of pyridine rings is 3. The molecule has 0 saturated heterocycles. The lowest BCUT2D eigenvalue weighted by Gasteiger charge is -2.06. The Bertz CT molecular complexity index is 803. The molecule has 4 aromatic heterocycles. The highest BCUT2D eigenvalue weighted by molar-refractivity contribution is 5.65. The van der Waals surface area contributed by atoms with Gasteiger partial charge in [0.1, 0.15) is 0 Å². The third kappa shape index (κ3) is 2.85. The van der Waals surface area contributed by atoms with Crippen molar-refractivity contribution >= 4 is 0 Å². The van der Waals surface area contributed by atoms with Gasteiger partial charge in [0.25, 0.3) is 0 Å². The van der Waals surface area contributed by atoms with E-state index in [9.17, 15) is 0 Å². The number of nitrogens with one attached hydrogen (secondary N) is 3. The zero-order chi connectivity index (χ0) is 16.2. The van der Waals surface area contributed by atoms with Crippen molar-refractivity contribution in [2.45, 2.75) is 0 Å². The van der Waals surface area contributed by atoms with Crippen LogP contribution in [0.25, 0.3) is 34.2 Å². The zero-order valence-corrected chi connectivity index (χ0v) is 12.8. The van der Waals surface area contributed by atoms with Crippen LogP contribution >= 0.6 is 0 Å². The molecule has 4 aromatic rings. The summed E-state index contributed by atoms with van der Waals surface area (Å²) in [6.45, 7) is 0. The van der Waals surface area contributed by atoms with Crippen molar-refractivity contribution in [3.63, 3.8) is 0 Å². The van der Waals surface area contributed by atoms with E-state index in [4.69, 9.17) is 0 Å². The lowest BCUT2D eigenvalue weighted by Crippen LogP contribution is -2.04. The second kappa shape index (κ2) is 6.29. The normalized spacial score (nSPS) is 10.5. The molecule has 0 unspecified atom stereocenters. The van der Waals surface area contributed by atoms with E-state index in [1.807, 2.05) is 73.6 Å². The minimum absolute atomic E-state index is 0.643. The van der Waals surface area contributed by atoms with Crippen LogP contribution in [0.3, 0.4) is 0 Å². The first-order valence-corrected chi connectivity index (χ1v) is 7.56. The van der Waals surface area contributed by atoms with Gasteiger partial charge in [-0.05, 0) is 0 Å². The predicted octanol–water partition coefficient (Wildman–Crippen LogP) is 1.31. The van der Waals surface area contributed by atoms with Crippen molar-refractivity contribution < 1.29 is 15.0 Å². The van der Waals surface area contributed by atoms with Crippen LogP contribution in [0.2, 0.25) is 0 Å². The molecule has 0 spiro atoms. The summed E-state index contributed by atoms with van der Waals surface area (Å²) in [5.41, 5.74) is 2.80. The Labute approximate surface area is 138 Å². The molecule has 0 aliphatic carbocycles. The first-order chi connectivity index (χ1) is 11.9. The Kier molecular flexibility index (Phi) is 3.69. The maximum absolute atomic E-state index is 4.64. The van der Waals surface area contributed by atoms with Gasteiger partial charge in [-0.15, -0.1) is 0 Å². The molecule has 24 heavy (non-hydrogen) atoms. The van der Waals surface area contributed by atoms with E-state index in [1.54, 1.807) is 0 Å². The number of hydrogen-bond donors (Lipinski definition) is 0. The highest BCUT2D eigenvalue weighted by Gasteiger charge is 2.13. The van der Waals surface area contributed by atoms with Crippen molar-refractivity contribution in [3.05, 3.63) is 73.6 Å². The van der Waals surface area contributed by atoms with Crippen molar-refractivity contribution in [2.24, 2.45) is 0 Å². The number of aromatic nitrogens is 6. The van der Waals surface area contributed by atoms with Crippen LogP contribution in [0.1, 0.15) is 0 Å². The molecule has 0 aromatic carbocycles. The van der Waals surface area contributed by atoms with Crippen LogP contribution < -0.4 is 15.0 Å². The van der Waals surface area contributed by atoms with E-state index in [1.165, 1.54) is 0 Å². The van der Waals surface area contributed by atoms with E-state index in [-0.39, 0.29) is 0 Å². The number of H-pyrrole nitrogens is 3. The fraction of sp³-hybridized carbons (Fsp3) is 0. The Hall–Kier alpha value is -3.54. The molecule has 0 aliphatic heterocycles. The maximum Gasteiger partial charge on any atom is 0.167 e. The molecule has 3 N–H and O–H groups in total. The molecule has 0 aliphatic rings. The van der Waals surface area contributed by atoms with Gasteiger partial charge in [0.15, 0.2) is 54.7 Å². The smallest absolute Gasteiger partial charge is 0.167 e. The average molecular weight is 315 g/mol. The van der Waals surface area contributed by atoms with Crippen LogP contribution in [0, 0.1) is 0 Å². The quantitative estimate of drug-likeness (QED) is 0.572. The third-order valence-electron chi connectivity index (χ3n) is 3.56. The molecule has 0 radical (unpaired) electrons. The first-order valence-electron chi connectivity index (χ1n) is 7.56. The van der Waals surface area contributed by atoms with Crippen molar-refractivity contribution in [1.82, 2.24) is 15.0 Å². The van der Waals surface area contributed by atoms with Gasteiger partial charge in [0.05, 0.1) is 0 Å². The Morgan fingerprint density at radius 1 is 0.417 bits per heavy atom. The summed E-state index contributed by atoms with van der Waals surface area (Å²) < 4.78 is 0. The predicted molar refractivity (Wildman–Crippen MR) is 85.8 cm³/mol.